The van der Waals surface area contributed by atoms with E-state index in [1.807, 2.05) is 12.1 Å². The van der Waals surface area contributed by atoms with Gasteiger partial charge in [-0.05, 0) is 81.0 Å². The summed E-state index contributed by atoms with van der Waals surface area (Å²) in [4.78, 5) is 37.7. The summed E-state index contributed by atoms with van der Waals surface area (Å²) in [5.41, 5.74) is 0.0944. The number of anilines is 2. The molecule has 0 unspecified atom stereocenters. The van der Waals surface area contributed by atoms with Crippen molar-refractivity contribution in [2.24, 2.45) is 17.8 Å². The minimum atomic E-state index is -0.983. The van der Waals surface area contributed by atoms with E-state index in [9.17, 15) is 14.7 Å². The Morgan fingerprint density at radius 3 is 2.47 bits per heavy atom. The highest BCUT2D eigenvalue weighted by atomic mass is 16.4. The fraction of sp³-hybridized carbons (Fsp3) is 0.556. The summed E-state index contributed by atoms with van der Waals surface area (Å²) < 4.78 is 0. The van der Waals surface area contributed by atoms with Gasteiger partial charge in [0.2, 0.25) is 0 Å². The molecule has 2 aromatic rings. The Kier molecular flexibility index (Phi) is 5.63. The second-order valence-corrected chi connectivity index (χ2v) is 11.3. The van der Waals surface area contributed by atoms with E-state index >= 15 is 0 Å². The first-order chi connectivity index (χ1) is 17.3. The van der Waals surface area contributed by atoms with Gasteiger partial charge in [-0.15, -0.1) is 0 Å². The quantitative estimate of drug-likeness (QED) is 0.584. The van der Waals surface area contributed by atoms with E-state index in [0.717, 1.165) is 50.3 Å². The minimum absolute atomic E-state index is 0.127. The van der Waals surface area contributed by atoms with E-state index in [-0.39, 0.29) is 23.6 Å². The van der Waals surface area contributed by atoms with Crippen molar-refractivity contribution in [3.05, 3.63) is 47.8 Å². The molecule has 9 heteroatoms. The van der Waals surface area contributed by atoms with Crippen molar-refractivity contribution in [2.75, 3.05) is 29.4 Å². The highest BCUT2D eigenvalue weighted by Gasteiger charge is 2.55. The van der Waals surface area contributed by atoms with Gasteiger partial charge in [0.05, 0.1) is 11.2 Å². The smallest absolute Gasteiger partial charge is 0.337 e. The van der Waals surface area contributed by atoms with Crippen LogP contribution in [-0.4, -0.2) is 69.4 Å². The van der Waals surface area contributed by atoms with Gasteiger partial charge < -0.3 is 25.3 Å². The number of nitrogens with zero attached hydrogens (tertiary/aromatic N) is 4. The molecule has 0 radical (unpaired) electrons. The molecule has 36 heavy (non-hydrogen) atoms. The van der Waals surface area contributed by atoms with Crippen LogP contribution in [-0.2, 0) is 0 Å². The molecule has 190 valence electrons. The second-order valence-electron chi connectivity index (χ2n) is 11.3. The van der Waals surface area contributed by atoms with Crippen LogP contribution in [0.2, 0.25) is 0 Å². The lowest BCUT2D eigenvalue weighted by atomic mass is 9.52. The zero-order valence-electron chi connectivity index (χ0n) is 20.5. The first-order valence-electron chi connectivity index (χ1n) is 13.0. The molecule has 1 amide bonds. The molecule has 1 saturated heterocycles. The van der Waals surface area contributed by atoms with Crippen molar-refractivity contribution in [3.8, 4) is 0 Å². The molecule has 4 aliphatic carbocycles. The Labute approximate surface area is 210 Å². The summed E-state index contributed by atoms with van der Waals surface area (Å²) in [6.07, 6.45) is 6.13. The zero-order valence-corrected chi connectivity index (χ0v) is 20.5. The third-order valence-electron chi connectivity index (χ3n) is 8.75. The van der Waals surface area contributed by atoms with Crippen molar-refractivity contribution < 1.29 is 19.8 Å². The number of hydrogen-bond donors (Lipinski definition) is 3. The van der Waals surface area contributed by atoms with Crippen molar-refractivity contribution in [1.29, 1.82) is 0 Å². The van der Waals surface area contributed by atoms with Crippen LogP contribution in [0, 0.1) is 17.8 Å². The van der Waals surface area contributed by atoms with Crippen LogP contribution in [0.25, 0.3) is 0 Å². The summed E-state index contributed by atoms with van der Waals surface area (Å²) in [6, 6.07) is 9.20. The Hall–Kier alpha value is -3.20. The van der Waals surface area contributed by atoms with Gasteiger partial charge >= 0.3 is 5.97 Å². The number of carbonyl (C=O) groups is 2. The van der Waals surface area contributed by atoms with Crippen molar-refractivity contribution in [3.63, 3.8) is 0 Å². The average molecular weight is 492 g/mol. The normalized spacial score (nSPS) is 33.0. The number of amides is 1. The van der Waals surface area contributed by atoms with Gasteiger partial charge in [0.15, 0.2) is 0 Å². The van der Waals surface area contributed by atoms with Crippen molar-refractivity contribution in [2.45, 2.75) is 56.7 Å². The molecule has 9 nitrogen and oxygen atoms in total. The van der Waals surface area contributed by atoms with E-state index in [4.69, 9.17) is 10.1 Å². The van der Waals surface area contributed by atoms with Gasteiger partial charge in [-0.1, -0.05) is 6.07 Å². The standard InChI is InChI=1S/C27H33N5O4/c1-16-15-31(22-6-5-18(14-28-22)26(34)35)7-8-32(16)23-4-2-3-21(29-23)25(33)30-24-19-9-17-10-20(24)13-27(36,11-17)12-19/h2-6,14,16-17,19-20,24,36H,7-13,15H2,1H3,(H,30,33)(H,34,35)/t16-,17?,19-,20-,24?,27?/m1/s1. The molecule has 3 N–H and O–H groups in total. The third kappa shape index (κ3) is 4.19. The number of aliphatic hydroxyl groups is 1. The van der Waals surface area contributed by atoms with E-state index in [1.165, 1.54) is 6.20 Å². The maximum atomic E-state index is 13.2. The molecular weight excluding hydrogens is 458 g/mol. The molecule has 3 atom stereocenters. The molecule has 3 heterocycles. The number of piperazine rings is 1. The number of aromatic nitrogens is 2. The van der Waals surface area contributed by atoms with Gasteiger partial charge in [0, 0.05) is 37.9 Å². The summed E-state index contributed by atoms with van der Waals surface area (Å²) in [6.45, 7) is 4.27. The third-order valence-corrected chi connectivity index (χ3v) is 8.75. The number of carboxylic acids is 1. The van der Waals surface area contributed by atoms with Gasteiger partial charge in [-0.3, -0.25) is 4.79 Å². The predicted molar refractivity (Wildman–Crippen MR) is 134 cm³/mol. The highest BCUT2D eigenvalue weighted by Crippen LogP contribution is 2.55. The summed E-state index contributed by atoms with van der Waals surface area (Å²) in [7, 11) is 0. The van der Waals surface area contributed by atoms with Crippen LogP contribution < -0.4 is 15.1 Å². The topological polar surface area (TPSA) is 119 Å². The Morgan fingerprint density at radius 2 is 1.83 bits per heavy atom. The van der Waals surface area contributed by atoms with Crippen LogP contribution >= 0.6 is 0 Å². The maximum absolute atomic E-state index is 13.2. The molecule has 5 aliphatic rings. The number of carboxylic acid groups (broad SMARTS) is 1. The first-order valence-corrected chi connectivity index (χ1v) is 13.0. The van der Waals surface area contributed by atoms with Crippen molar-refractivity contribution >= 4 is 23.5 Å². The first kappa shape index (κ1) is 23.2. The Balaban J connectivity index is 1.11. The van der Waals surface area contributed by atoms with E-state index in [1.54, 1.807) is 18.2 Å². The lowest BCUT2D eigenvalue weighted by Crippen LogP contribution is -2.61. The fourth-order valence-corrected chi connectivity index (χ4v) is 7.36. The van der Waals surface area contributed by atoms with Crippen LogP contribution in [0.5, 0.6) is 0 Å². The van der Waals surface area contributed by atoms with Crippen molar-refractivity contribution in [1.82, 2.24) is 15.3 Å². The summed E-state index contributed by atoms with van der Waals surface area (Å²) in [5.74, 6) is 1.75. The second kappa shape index (κ2) is 8.73. The fourth-order valence-electron chi connectivity index (χ4n) is 7.36. The van der Waals surface area contributed by atoms with E-state index in [0.29, 0.717) is 36.5 Å². The molecule has 1 aliphatic heterocycles. The molecule has 4 saturated carbocycles. The van der Waals surface area contributed by atoms with E-state index in [2.05, 4.69) is 27.0 Å². The molecule has 2 aromatic heterocycles. The number of carbonyl (C=O) groups excluding carboxylic acids is 1. The van der Waals surface area contributed by atoms with Gasteiger partial charge in [0.1, 0.15) is 17.3 Å². The van der Waals surface area contributed by atoms with Gasteiger partial charge in [-0.2, -0.15) is 0 Å². The highest BCUT2D eigenvalue weighted by molar-refractivity contribution is 5.93. The number of pyridine rings is 2. The predicted octanol–water partition coefficient (Wildman–Crippen LogP) is 2.56. The number of nitrogens with one attached hydrogen (secondary N) is 1. The Bertz CT molecular complexity index is 1160. The lowest BCUT2D eigenvalue weighted by Gasteiger charge is -2.58. The molecule has 7 rings (SSSR count). The average Bonchev–Trinajstić information content (AvgIpc) is 2.85. The van der Waals surface area contributed by atoms with Crippen LogP contribution in [0.15, 0.2) is 36.5 Å². The molecule has 0 spiro atoms. The summed E-state index contributed by atoms with van der Waals surface area (Å²) in [5, 5.41) is 23.2. The van der Waals surface area contributed by atoms with Crippen LogP contribution in [0.1, 0.15) is 59.9 Å². The van der Waals surface area contributed by atoms with Gasteiger partial charge in [0.25, 0.3) is 5.91 Å². The SMILES string of the molecule is C[C@@H]1CN(c2ccc(C(=O)O)cn2)CCN1c1cccc(C(=O)NC2[C@@H]3CC4C[C@@H]2CC(O)(C4)C3)n1. The molecule has 0 aromatic carbocycles. The monoisotopic (exact) mass is 491 g/mol. The number of hydrogen-bond acceptors (Lipinski definition) is 7. The number of aromatic carboxylic acids is 1. The Morgan fingerprint density at radius 1 is 1.06 bits per heavy atom. The van der Waals surface area contributed by atoms with Crippen LogP contribution in [0.4, 0.5) is 11.6 Å². The minimum Gasteiger partial charge on any atom is -0.478 e. The largest absolute Gasteiger partial charge is 0.478 e. The zero-order chi connectivity index (χ0) is 25.0. The van der Waals surface area contributed by atoms with Crippen LogP contribution in [0.3, 0.4) is 0 Å². The molecule has 4 bridgehead atoms. The lowest BCUT2D eigenvalue weighted by molar-refractivity contribution is -0.136. The molecule has 5 fully saturated rings. The maximum Gasteiger partial charge on any atom is 0.337 e. The number of rotatable bonds is 5. The van der Waals surface area contributed by atoms with E-state index < -0.39 is 11.6 Å². The summed E-state index contributed by atoms with van der Waals surface area (Å²) >= 11 is 0. The molecular formula is C27H33N5O4. The van der Waals surface area contributed by atoms with Gasteiger partial charge in [-0.25, -0.2) is 14.8 Å².